The van der Waals surface area contributed by atoms with Crippen molar-refractivity contribution in [1.29, 1.82) is 0 Å². The number of rotatable bonds is 5. The Morgan fingerprint density at radius 2 is 1.93 bits per heavy atom. The first-order valence-corrected chi connectivity index (χ1v) is 10.5. The Hall–Kier alpha value is -2.13. The van der Waals surface area contributed by atoms with Crippen LogP contribution in [0.2, 0.25) is 0 Å². The number of thiazole rings is 1. The average Bonchev–Trinajstić information content (AvgIpc) is 3.17. The number of nitrogens with zero attached hydrogens (tertiary/aromatic N) is 3. The molecule has 158 valence electrons. The molecule has 0 bridgehead atoms. The number of amides is 1. The number of halogens is 3. The molecule has 1 aliphatic rings. The molecule has 1 unspecified atom stereocenters. The zero-order valence-corrected chi connectivity index (χ0v) is 17.3. The van der Waals surface area contributed by atoms with Crippen LogP contribution in [0.15, 0.2) is 29.6 Å². The fraction of sp³-hybridized carbons (Fsp3) is 0.500. The SMILES string of the molecule is CC(C)CC(N)c1nc(C(=O)N2CCN(c3cccc(C(F)(F)F)c3)CC2)cs1. The molecule has 29 heavy (non-hydrogen) atoms. The number of hydrogen-bond acceptors (Lipinski definition) is 5. The van der Waals surface area contributed by atoms with E-state index in [-0.39, 0.29) is 11.9 Å². The Kier molecular flexibility index (Phi) is 6.48. The number of benzene rings is 1. The third kappa shape index (κ3) is 5.27. The van der Waals surface area contributed by atoms with Crippen molar-refractivity contribution in [3.05, 3.63) is 45.9 Å². The van der Waals surface area contributed by atoms with Gasteiger partial charge in [-0.2, -0.15) is 13.2 Å². The van der Waals surface area contributed by atoms with Gasteiger partial charge in [0.15, 0.2) is 0 Å². The summed E-state index contributed by atoms with van der Waals surface area (Å²) in [6, 6.07) is 5.11. The quantitative estimate of drug-likeness (QED) is 0.780. The molecule has 0 spiro atoms. The predicted octanol–water partition coefficient (Wildman–Crippen LogP) is 4.17. The van der Waals surface area contributed by atoms with E-state index in [2.05, 4.69) is 18.8 Å². The number of aromatic nitrogens is 1. The van der Waals surface area contributed by atoms with E-state index in [0.717, 1.165) is 23.6 Å². The lowest BCUT2D eigenvalue weighted by atomic mass is 10.1. The van der Waals surface area contributed by atoms with E-state index in [9.17, 15) is 18.0 Å². The van der Waals surface area contributed by atoms with Gasteiger partial charge in [-0.1, -0.05) is 19.9 Å². The molecular formula is C20H25F3N4OS. The molecule has 0 saturated carbocycles. The van der Waals surface area contributed by atoms with Crippen molar-refractivity contribution in [2.24, 2.45) is 11.7 Å². The van der Waals surface area contributed by atoms with Crippen LogP contribution in [0.3, 0.4) is 0 Å². The molecule has 1 fully saturated rings. The van der Waals surface area contributed by atoms with E-state index in [1.165, 1.54) is 17.4 Å². The Balaban J connectivity index is 1.61. The maximum absolute atomic E-state index is 12.9. The molecule has 1 aromatic heterocycles. The van der Waals surface area contributed by atoms with Crippen LogP contribution in [0.25, 0.3) is 0 Å². The minimum Gasteiger partial charge on any atom is -0.368 e. The predicted molar refractivity (Wildman–Crippen MR) is 108 cm³/mol. The van der Waals surface area contributed by atoms with E-state index in [4.69, 9.17) is 5.73 Å². The zero-order valence-electron chi connectivity index (χ0n) is 16.4. The average molecular weight is 427 g/mol. The van der Waals surface area contributed by atoms with Gasteiger partial charge in [-0.05, 0) is 30.5 Å². The second-order valence-corrected chi connectivity index (χ2v) is 8.52. The van der Waals surface area contributed by atoms with Gasteiger partial charge in [0.1, 0.15) is 10.7 Å². The van der Waals surface area contributed by atoms with Gasteiger partial charge in [0.2, 0.25) is 0 Å². The van der Waals surface area contributed by atoms with Crippen LogP contribution in [0.5, 0.6) is 0 Å². The van der Waals surface area contributed by atoms with E-state index in [1.54, 1.807) is 16.3 Å². The van der Waals surface area contributed by atoms with E-state index in [1.807, 2.05) is 4.90 Å². The van der Waals surface area contributed by atoms with Crippen LogP contribution in [-0.4, -0.2) is 42.0 Å². The summed E-state index contributed by atoms with van der Waals surface area (Å²) in [4.78, 5) is 20.7. The molecule has 1 aliphatic heterocycles. The molecule has 1 aromatic carbocycles. The second-order valence-electron chi connectivity index (χ2n) is 7.63. The van der Waals surface area contributed by atoms with Crippen LogP contribution >= 0.6 is 11.3 Å². The van der Waals surface area contributed by atoms with Crippen LogP contribution in [0.4, 0.5) is 18.9 Å². The highest BCUT2D eigenvalue weighted by atomic mass is 32.1. The number of carbonyl (C=O) groups excluding carboxylic acids is 1. The summed E-state index contributed by atoms with van der Waals surface area (Å²) in [6.07, 6.45) is -3.57. The first-order valence-electron chi connectivity index (χ1n) is 9.57. The molecule has 3 rings (SSSR count). The summed E-state index contributed by atoms with van der Waals surface area (Å²) in [7, 11) is 0. The fourth-order valence-electron chi connectivity index (χ4n) is 3.37. The minimum absolute atomic E-state index is 0.159. The third-order valence-corrected chi connectivity index (χ3v) is 5.87. The Morgan fingerprint density at radius 1 is 1.24 bits per heavy atom. The smallest absolute Gasteiger partial charge is 0.368 e. The minimum atomic E-state index is -4.37. The molecular weight excluding hydrogens is 401 g/mol. The van der Waals surface area contributed by atoms with Crippen molar-refractivity contribution in [2.75, 3.05) is 31.1 Å². The van der Waals surface area contributed by atoms with Crippen LogP contribution in [-0.2, 0) is 6.18 Å². The van der Waals surface area contributed by atoms with Crippen molar-refractivity contribution < 1.29 is 18.0 Å². The van der Waals surface area contributed by atoms with Crippen LogP contribution in [0.1, 0.15) is 47.4 Å². The molecule has 5 nitrogen and oxygen atoms in total. The Bertz CT molecular complexity index is 844. The number of piperazine rings is 1. The summed E-state index contributed by atoms with van der Waals surface area (Å²) in [5, 5.41) is 2.49. The van der Waals surface area contributed by atoms with E-state index < -0.39 is 11.7 Å². The summed E-state index contributed by atoms with van der Waals surface area (Å²) in [6.45, 7) is 5.97. The van der Waals surface area contributed by atoms with Crippen LogP contribution in [0, 0.1) is 5.92 Å². The molecule has 1 amide bonds. The van der Waals surface area contributed by atoms with Gasteiger partial charge < -0.3 is 15.5 Å². The van der Waals surface area contributed by atoms with Crippen molar-refractivity contribution in [1.82, 2.24) is 9.88 Å². The largest absolute Gasteiger partial charge is 0.416 e. The van der Waals surface area contributed by atoms with Crippen LogP contribution < -0.4 is 10.6 Å². The van der Waals surface area contributed by atoms with Crippen molar-refractivity contribution in [3.63, 3.8) is 0 Å². The molecule has 9 heteroatoms. The third-order valence-electron chi connectivity index (χ3n) is 4.89. The molecule has 1 atom stereocenters. The van der Waals surface area contributed by atoms with Crippen molar-refractivity contribution in [3.8, 4) is 0 Å². The van der Waals surface area contributed by atoms with E-state index in [0.29, 0.717) is 43.5 Å². The Labute approximate surface area is 172 Å². The zero-order chi connectivity index (χ0) is 21.2. The normalized spacial score (nSPS) is 16.4. The van der Waals surface area contributed by atoms with Gasteiger partial charge in [0.25, 0.3) is 5.91 Å². The van der Waals surface area contributed by atoms with Gasteiger partial charge in [-0.15, -0.1) is 11.3 Å². The molecule has 2 aromatic rings. The Morgan fingerprint density at radius 3 is 2.55 bits per heavy atom. The van der Waals surface area contributed by atoms with Gasteiger partial charge in [0, 0.05) is 37.2 Å². The van der Waals surface area contributed by atoms with Gasteiger partial charge in [0.05, 0.1) is 11.6 Å². The van der Waals surface area contributed by atoms with Gasteiger partial charge >= 0.3 is 6.18 Å². The molecule has 2 heterocycles. The lowest BCUT2D eigenvalue weighted by Gasteiger charge is -2.36. The summed E-state index contributed by atoms with van der Waals surface area (Å²) >= 11 is 1.39. The topological polar surface area (TPSA) is 62.5 Å². The number of hydrogen-bond donors (Lipinski definition) is 1. The standard InChI is InChI=1S/C20H25F3N4OS/c1-13(2)10-16(24)18-25-17(12-29-18)19(28)27-8-6-26(7-9-27)15-5-3-4-14(11-15)20(21,22)23/h3-5,11-13,16H,6-10,24H2,1-2H3. The summed E-state index contributed by atoms with van der Waals surface area (Å²) in [5.74, 6) is 0.282. The highest BCUT2D eigenvalue weighted by Crippen LogP contribution is 2.32. The summed E-state index contributed by atoms with van der Waals surface area (Å²) < 4.78 is 38.8. The highest BCUT2D eigenvalue weighted by Gasteiger charge is 2.31. The van der Waals surface area contributed by atoms with Gasteiger partial charge in [-0.25, -0.2) is 4.98 Å². The van der Waals surface area contributed by atoms with Crippen molar-refractivity contribution >= 4 is 22.9 Å². The summed E-state index contributed by atoms with van der Waals surface area (Å²) in [5.41, 5.74) is 6.39. The molecule has 1 saturated heterocycles. The number of anilines is 1. The number of carbonyl (C=O) groups is 1. The van der Waals surface area contributed by atoms with Gasteiger partial charge in [-0.3, -0.25) is 4.79 Å². The maximum Gasteiger partial charge on any atom is 0.416 e. The second kappa shape index (κ2) is 8.71. The highest BCUT2D eigenvalue weighted by molar-refractivity contribution is 7.09. The maximum atomic E-state index is 12.9. The number of nitrogens with two attached hydrogens (primary N) is 1. The lowest BCUT2D eigenvalue weighted by molar-refractivity contribution is -0.137. The monoisotopic (exact) mass is 426 g/mol. The number of alkyl halides is 3. The molecule has 0 aliphatic carbocycles. The van der Waals surface area contributed by atoms with Crippen molar-refractivity contribution in [2.45, 2.75) is 32.5 Å². The molecule has 2 N–H and O–H groups in total. The van der Waals surface area contributed by atoms with E-state index >= 15 is 0 Å². The molecule has 0 radical (unpaired) electrons. The first kappa shape index (κ1) is 21.6. The first-order chi connectivity index (χ1) is 13.6. The fourth-order valence-corrected chi connectivity index (χ4v) is 4.18. The lowest BCUT2D eigenvalue weighted by Crippen LogP contribution is -2.49.